The standard InChI is InChI=1S/C21H26N2O3/c1-16-9-7-8-12-19(16)26-14-13-23(3)20(24)15-17(2)22-21(25)18-10-5-4-6-11-18/h4-12,17H,13-15H2,1-3H3,(H,22,25). The van der Waals surface area contributed by atoms with E-state index in [-0.39, 0.29) is 24.3 Å². The van der Waals surface area contributed by atoms with E-state index in [1.165, 1.54) is 0 Å². The maximum absolute atomic E-state index is 12.3. The van der Waals surface area contributed by atoms with Crippen molar-refractivity contribution in [3.8, 4) is 5.75 Å². The Kier molecular flexibility index (Phi) is 7.21. The highest BCUT2D eigenvalue weighted by Crippen LogP contribution is 2.15. The minimum Gasteiger partial charge on any atom is -0.491 e. The summed E-state index contributed by atoms with van der Waals surface area (Å²) < 4.78 is 5.72. The highest BCUT2D eigenvalue weighted by atomic mass is 16.5. The van der Waals surface area contributed by atoms with Gasteiger partial charge in [-0.05, 0) is 37.6 Å². The van der Waals surface area contributed by atoms with Crippen molar-refractivity contribution in [3.63, 3.8) is 0 Å². The minimum absolute atomic E-state index is 0.0285. The average Bonchev–Trinajstić information content (AvgIpc) is 2.63. The number of nitrogens with zero attached hydrogens (tertiary/aromatic N) is 1. The second-order valence-corrected chi connectivity index (χ2v) is 6.37. The molecule has 0 heterocycles. The summed E-state index contributed by atoms with van der Waals surface area (Å²) in [6.45, 7) is 4.74. The Hall–Kier alpha value is -2.82. The number of likely N-dealkylation sites (N-methyl/N-ethyl adjacent to an activating group) is 1. The van der Waals surface area contributed by atoms with E-state index >= 15 is 0 Å². The summed E-state index contributed by atoms with van der Waals surface area (Å²) in [6.07, 6.45) is 0.249. The summed E-state index contributed by atoms with van der Waals surface area (Å²) in [5.74, 6) is 0.632. The fourth-order valence-electron chi connectivity index (χ4n) is 2.50. The third kappa shape index (κ3) is 5.92. The summed E-state index contributed by atoms with van der Waals surface area (Å²) in [7, 11) is 1.75. The van der Waals surface area contributed by atoms with Crippen LogP contribution in [0.2, 0.25) is 0 Å². The van der Waals surface area contributed by atoms with E-state index in [1.54, 1.807) is 24.1 Å². The average molecular weight is 354 g/mol. The van der Waals surface area contributed by atoms with Crippen molar-refractivity contribution in [3.05, 3.63) is 65.7 Å². The van der Waals surface area contributed by atoms with Crippen molar-refractivity contribution in [1.29, 1.82) is 0 Å². The van der Waals surface area contributed by atoms with E-state index < -0.39 is 0 Å². The van der Waals surface area contributed by atoms with E-state index in [2.05, 4.69) is 5.32 Å². The van der Waals surface area contributed by atoms with Crippen LogP contribution in [0.3, 0.4) is 0 Å². The van der Waals surface area contributed by atoms with Crippen LogP contribution in [0.4, 0.5) is 0 Å². The Morgan fingerprint density at radius 1 is 1.08 bits per heavy atom. The SMILES string of the molecule is Cc1ccccc1OCCN(C)C(=O)CC(C)NC(=O)c1ccccc1. The number of nitrogens with one attached hydrogen (secondary N) is 1. The topological polar surface area (TPSA) is 58.6 Å². The molecule has 26 heavy (non-hydrogen) atoms. The lowest BCUT2D eigenvalue weighted by molar-refractivity contribution is -0.130. The first kappa shape index (κ1) is 19.5. The molecule has 0 aliphatic carbocycles. The summed E-state index contributed by atoms with van der Waals surface area (Å²) in [5.41, 5.74) is 1.66. The van der Waals surface area contributed by atoms with Gasteiger partial charge in [-0.3, -0.25) is 9.59 Å². The largest absolute Gasteiger partial charge is 0.491 e. The van der Waals surface area contributed by atoms with Crippen molar-refractivity contribution in [2.75, 3.05) is 20.2 Å². The van der Waals surface area contributed by atoms with Crippen molar-refractivity contribution >= 4 is 11.8 Å². The van der Waals surface area contributed by atoms with Crippen LogP contribution in [0.25, 0.3) is 0 Å². The fourth-order valence-corrected chi connectivity index (χ4v) is 2.50. The van der Waals surface area contributed by atoms with Gasteiger partial charge in [0, 0.05) is 25.1 Å². The molecule has 0 aliphatic rings. The fraction of sp³-hybridized carbons (Fsp3) is 0.333. The molecular weight excluding hydrogens is 328 g/mol. The zero-order valence-corrected chi connectivity index (χ0v) is 15.6. The Balaban J connectivity index is 1.74. The number of aryl methyl sites for hydroxylation is 1. The Labute approximate surface area is 155 Å². The van der Waals surface area contributed by atoms with E-state index in [1.807, 2.05) is 56.3 Å². The van der Waals surface area contributed by atoms with E-state index in [0.717, 1.165) is 11.3 Å². The predicted octanol–water partition coefficient (Wildman–Crippen LogP) is 3.04. The van der Waals surface area contributed by atoms with Gasteiger partial charge >= 0.3 is 0 Å². The van der Waals surface area contributed by atoms with Crippen LogP contribution in [0.5, 0.6) is 5.75 Å². The second-order valence-electron chi connectivity index (χ2n) is 6.37. The van der Waals surface area contributed by atoms with Crippen LogP contribution in [-0.4, -0.2) is 43.0 Å². The van der Waals surface area contributed by atoms with Gasteiger partial charge in [0.15, 0.2) is 0 Å². The summed E-state index contributed by atoms with van der Waals surface area (Å²) in [5, 5.41) is 2.85. The summed E-state index contributed by atoms with van der Waals surface area (Å²) in [6, 6.07) is 16.5. The molecule has 0 saturated heterocycles. The molecule has 5 heteroatoms. The molecule has 5 nitrogen and oxygen atoms in total. The molecule has 138 valence electrons. The van der Waals surface area contributed by atoms with Crippen molar-refractivity contribution in [1.82, 2.24) is 10.2 Å². The van der Waals surface area contributed by atoms with Gasteiger partial charge in [0.2, 0.25) is 5.91 Å². The van der Waals surface area contributed by atoms with Gasteiger partial charge in [-0.15, -0.1) is 0 Å². The van der Waals surface area contributed by atoms with Gasteiger partial charge in [0.25, 0.3) is 5.91 Å². The monoisotopic (exact) mass is 354 g/mol. The van der Waals surface area contributed by atoms with Gasteiger partial charge in [0.05, 0.1) is 6.54 Å². The molecule has 0 saturated carbocycles. The number of ether oxygens (including phenoxy) is 1. The van der Waals surface area contributed by atoms with Crippen LogP contribution in [0.1, 0.15) is 29.3 Å². The van der Waals surface area contributed by atoms with E-state index in [9.17, 15) is 9.59 Å². The number of carbonyl (C=O) groups excluding carboxylic acids is 2. The minimum atomic E-state index is -0.241. The Morgan fingerprint density at radius 2 is 1.73 bits per heavy atom. The first-order chi connectivity index (χ1) is 12.5. The third-order valence-corrected chi connectivity index (χ3v) is 4.10. The number of carbonyl (C=O) groups is 2. The molecule has 1 N–H and O–H groups in total. The molecule has 2 aromatic carbocycles. The number of hydrogen-bond donors (Lipinski definition) is 1. The lowest BCUT2D eigenvalue weighted by atomic mass is 10.1. The molecule has 0 aromatic heterocycles. The third-order valence-electron chi connectivity index (χ3n) is 4.10. The quantitative estimate of drug-likeness (QED) is 0.793. The number of para-hydroxylation sites is 1. The van der Waals surface area contributed by atoms with Gasteiger partial charge in [-0.2, -0.15) is 0 Å². The van der Waals surface area contributed by atoms with Crippen LogP contribution < -0.4 is 10.1 Å². The number of rotatable bonds is 8. The van der Waals surface area contributed by atoms with Crippen molar-refractivity contribution < 1.29 is 14.3 Å². The lowest BCUT2D eigenvalue weighted by Gasteiger charge is -2.20. The molecule has 0 aliphatic heterocycles. The van der Waals surface area contributed by atoms with Crippen LogP contribution in [0.15, 0.2) is 54.6 Å². The first-order valence-corrected chi connectivity index (χ1v) is 8.75. The van der Waals surface area contributed by atoms with Crippen LogP contribution in [0, 0.1) is 6.92 Å². The molecule has 2 aromatic rings. The molecular formula is C21H26N2O3. The second kappa shape index (κ2) is 9.61. The van der Waals surface area contributed by atoms with E-state index in [4.69, 9.17) is 4.74 Å². The molecule has 2 rings (SSSR count). The zero-order valence-electron chi connectivity index (χ0n) is 15.6. The predicted molar refractivity (Wildman–Crippen MR) is 102 cm³/mol. The van der Waals surface area contributed by atoms with E-state index in [0.29, 0.717) is 18.7 Å². The smallest absolute Gasteiger partial charge is 0.251 e. The molecule has 0 fully saturated rings. The molecule has 0 bridgehead atoms. The summed E-state index contributed by atoms with van der Waals surface area (Å²) >= 11 is 0. The molecule has 0 spiro atoms. The molecule has 1 atom stereocenters. The highest BCUT2D eigenvalue weighted by Gasteiger charge is 2.16. The Morgan fingerprint density at radius 3 is 2.42 bits per heavy atom. The summed E-state index contributed by atoms with van der Waals surface area (Å²) in [4.78, 5) is 26.0. The molecule has 1 unspecified atom stereocenters. The molecule has 0 radical (unpaired) electrons. The van der Waals surface area contributed by atoms with Gasteiger partial charge in [0.1, 0.15) is 12.4 Å². The number of hydrogen-bond acceptors (Lipinski definition) is 3. The van der Waals surface area contributed by atoms with Gasteiger partial charge in [-0.25, -0.2) is 0 Å². The van der Waals surface area contributed by atoms with Crippen LogP contribution in [-0.2, 0) is 4.79 Å². The number of amides is 2. The maximum atomic E-state index is 12.3. The number of benzene rings is 2. The van der Waals surface area contributed by atoms with Crippen LogP contribution >= 0.6 is 0 Å². The molecule has 2 amide bonds. The maximum Gasteiger partial charge on any atom is 0.251 e. The van der Waals surface area contributed by atoms with Crippen molar-refractivity contribution in [2.24, 2.45) is 0 Å². The van der Waals surface area contributed by atoms with Crippen molar-refractivity contribution in [2.45, 2.75) is 26.3 Å². The zero-order chi connectivity index (χ0) is 18.9. The normalized spacial score (nSPS) is 11.5. The first-order valence-electron chi connectivity index (χ1n) is 8.75. The highest BCUT2D eigenvalue weighted by molar-refractivity contribution is 5.94. The van der Waals surface area contributed by atoms with Gasteiger partial charge < -0.3 is 15.0 Å². The van der Waals surface area contributed by atoms with Gasteiger partial charge in [-0.1, -0.05) is 36.4 Å². The lowest BCUT2D eigenvalue weighted by Crippen LogP contribution is -2.39. The Bertz CT molecular complexity index is 731.